The molecule has 2 N–H and O–H groups in total. The fourth-order valence-electron chi connectivity index (χ4n) is 2.03. The van der Waals surface area contributed by atoms with E-state index in [0.717, 1.165) is 29.4 Å². The normalized spacial score (nSPS) is 12.9. The van der Waals surface area contributed by atoms with Gasteiger partial charge < -0.3 is 5.73 Å². The molecule has 0 bridgehead atoms. The molecule has 2 rings (SSSR count). The van der Waals surface area contributed by atoms with Crippen molar-refractivity contribution >= 4 is 22.9 Å². The number of hydrogen-bond acceptors (Lipinski definition) is 3. The summed E-state index contributed by atoms with van der Waals surface area (Å²) in [5.74, 6) is 0. The smallest absolute Gasteiger partial charge is 0.0847 e. The molecule has 0 fully saturated rings. The highest BCUT2D eigenvalue weighted by atomic mass is 35.5. The Morgan fingerprint density at radius 2 is 2.17 bits per heavy atom. The van der Waals surface area contributed by atoms with Crippen LogP contribution in [-0.2, 0) is 13.0 Å². The van der Waals surface area contributed by atoms with Crippen LogP contribution in [0.2, 0.25) is 5.02 Å². The molecule has 2 aromatic heterocycles. The number of nitrogens with zero attached hydrogens (tertiary/aromatic N) is 2. The molecule has 2 aromatic rings. The lowest BCUT2D eigenvalue weighted by Crippen LogP contribution is -2.15. The average molecular weight is 284 g/mol. The topological polar surface area (TPSA) is 43.8 Å². The third-order valence-electron chi connectivity index (χ3n) is 2.99. The largest absolute Gasteiger partial charge is 0.323 e. The van der Waals surface area contributed by atoms with E-state index in [2.05, 4.69) is 31.1 Å². The lowest BCUT2D eigenvalue weighted by atomic mass is 10.1. The van der Waals surface area contributed by atoms with E-state index in [1.807, 2.05) is 11.6 Å². The molecule has 3 nitrogen and oxygen atoms in total. The first-order valence-electron chi connectivity index (χ1n) is 6.06. The molecule has 0 spiro atoms. The first-order valence-corrected chi connectivity index (χ1v) is 7.26. The fraction of sp³-hybridized carbons (Fsp3) is 0.462. The van der Waals surface area contributed by atoms with Gasteiger partial charge in [-0.05, 0) is 32.9 Å². The summed E-state index contributed by atoms with van der Waals surface area (Å²) in [6.45, 7) is 6.90. The molecule has 0 aliphatic carbocycles. The highest BCUT2D eigenvalue weighted by Gasteiger charge is 2.17. The molecule has 1 atom stereocenters. The van der Waals surface area contributed by atoms with E-state index >= 15 is 0 Å². The highest BCUT2D eigenvalue weighted by Crippen LogP contribution is 2.28. The van der Waals surface area contributed by atoms with Crippen LogP contribution in [0.5, 0.6) is 0 Å². The molecule has 0 amide bonds. The van der Waals surface area contributed by atoms with Crippen LogP contribution >= 0.6 is 22.9 Å². The van der Waals surface area contributed by atoms with Crippen LogP contribution < -0.4 is 5.73 Å². The minimum absolute atomic E-state index is 0.0115. The van der Waals surface area contributed by atoms with Gasteiger partial charge in [0, 0.05) is 28.8 Å². The third-order valence-corrected chi connectivity index (χ3v) is 4.62. The second-order valence-electron chi connectivity index (χ2n) is 4.42. The molecule has 0 saturated carbocycles. The third kappa shape index (κ3) is 2.60. The molecule has 1 unspecified atom stereocenters. The van der Waals surface area contributed by atoms with Crippen LogP contribution in [0.1, 0.15) is 34.1 Å². The van der Waals surface area contributed by atoms with Gasteiger partial charge >= 0.3 is 0 Å². The molecule has 0 aliphatic rings. The van der Waals surface area contributed by atoms with Gasteiger partial charge in [0.25, 0.3) is 0 Å². The van der Waals surface area contributed by atoms with Gasteiger partial charge in [0.1, 0.15) is 0 Å². The van der Waals surface area contributed by atoms with Crippen molar-refractivity contribution < 1.29 is 0 Å². The van der Waals surface area contributed by atoms with Crippen LogP contribution in [0.3, 0.4) is 0 Å². The number of thiophene rings is 1. The molecule has 0 saturated heterocycles. The molecule has 2 heterocycles. The van der Waals surface area contributed by atoms with E-state index in [0.29, 0.717) is 0 Å². The molecular weight excluding hydrogens is 266 g/mol. The monoisotopic (exact) mass is 283 g/mol. The van der Waals surface area contributed by atoms with Crippen LogP contribution in [0.4, 0.5) is 0 Å². The summed E-state index contributed by atoms with van der Waals surface area (Å²) in [5, 5.41) is 5.16. The van der Waals surface area contributed by atoms with Crippen molar-refractivity contribution in [2.24, 2.45) is 5.73 Å². The van der Waals surface area contributed by atoms with E-state index in [1.165, 1.54) is 9.75 Å². The SMILES string of the molecule is CCn1nc(C)c(Cl)c1CC(N)c1ccc(C)s1. The quantitative estimate of drug-likeness (QED) is 0.934. The van der Waals surface area contributed by atoms with Gasteiger partial charge in [0.2, 0.25) is 0 Å². The van der Waals surface area contributed by atoms with Crippen molar-refractivity contribution in [1.82, 2.24) is 9.78 Å². The number of nitrogens with two attached hydrogens (primary N) is 1. The molecule has 0 aromatic carbocycles. The molecular formula is C13H18ClN3S. The molecule has 0 aliphatic heterocycles. The Balaban J connectivity index is 2.23. The predicted molar refractivity (Wildman–Crippen MR) is 77.3 cm³/mol. The number of hydrogen-bond donors (Lipinski definition) is 1. The average Bonchev–Trinajstić information content (AvgIpc) is 2.88. The summed E-state index contributed by atoms with van der Waals surface area (Å²) < 4.78 is 1.94. The summed E-state index contributed by atoms with van der Waals surface area (Å²) in [5.41, 5.74) is 8.17. The van der Waals surface area contributed by atoms with E-state index in [9.17, 15) is 0 Å². The molecule has 98 valence electrons. The van der Waals surface area contributed by atoms with Gasteiger partial charge in [0.05, 0.1) is 16.4 Å². The van der Waals surface area contributed by atoms with Gasteiger partial charge in [0.15, 0.2) is 0 Å². The summed E-state index contributed by atoms with van der Waals surface area (Å²) in [4.78, 5) is 2.48. The lowest BCUT2D eigenvalue weighted by Gasteiger charge is -2.11. The van der Waals surface area contributed by atoms with Gasteiger partial charge in [-0.2, -0.15) is 5.10 Å². The van der Waals surface area contributed by atoms with Crippen LogP contribution in [0.25, 0.3) is 0 Å². The van der Waals surface area contributed by atoms with Crippen molar-refractivity contribution in [1.29, 1.82) is 0 Å². The zero-order chi connectivity index (χ0) is 13.3. The second-order valence-corrected chi connectivity index (χ2v) is 6.12. The standard InChI is InChI=1S/C13H18ClN3S/c1-4-17-11(13(14)9(3)16-17)7-10(15)12-6-5-8(2)18-12/h5-6,10H,4,7,15H2,1-3H3. The first kappa shape index (κ1) is 13.6. The fourth-order valence-corrected chi connectivity index (χ4v) is 3.12. The van der Waals surface area contributed by atoms with E-state index in [1.54, 1.807) is 11.3 Å². The minimum Gasteiger partial charge on any atom is -0.323 e. The number of aryl methyl sites for hydroxylation is 3. The summed E-state index contributed by atoms with van der Waals surface area (Å²) in [7, 11) is 0. The molecule has 0 radical (unpaired) electrons. The Morgan fingerprint density at radius 1 is 1.44 bits per heavy atom. The highest BCUT2D eigenvalue weighted by molar-refractivity contribution is 7.12. The Labute approximate surface area is 117 Å². The van der Waals surface area contributed by atoms with Crippen LogP contribution in [0, 0.1) is 13.8 Å². The van der Waals surface area contributed by atoms with Gasteiger partial charge in [-0.15, -0.1) is 11.3 Å². The van der Waals surface area contributed by atoms with Gasteiger partial charge in [-0.25, -0.2) is 0 Å². The first-order chi connectivity index (χ1) is 8.52. The number of aromatic nitrogens is 2. The minimum atomic E-state index is -0.0115. The van der Waals surface area contributed by atoms with Gasteiger partial charge in [-0.1, -0.05) is 11.6 Å². The lowest BCUT2D eigenvalue weighted by molar-refractivity contribution is 0.590. The van der Waals surface area contributed by atoms with Crippen molar-refractivity contribution in [2.45, 2.75) is 39.8 Å². The van der Waals surface area contributed by atoms with Gasteiger partial charge in [-0.3, -0.25) is 4.68 Å². The maximum atomic E-state index is 6.29. The van der Waals surface area contributed by atoms with Crippen molar-refractivity contribution in [3.63, 3.8) is 0 Å². The zero-order valence-corrected chi connectivity index (χ0v) is 12.5. The van der Waals surface area contributed by atoms with Crippen molar-refractivity contribution in [3.05, 3.63) is 38.3 Å². The Hall–Kier alpha value is -0.840. The van der Waals surface area contributed by atoms with E-state index < -0.39 is 0 Å². The van der Waals surface area contributed by atoms with E-state index in [-0.39, 0.29) is 6.04 Å². The second kappa shape index (κ2) is 5.43. The number of halogens is 1. The van der Waals surface area contributed by atoms with Crippen molar-refractivity contribution in [2.75, 3.05) is 0 Å². The summed E-state index contributed by atoms with van der Waals surface area (Å²) >= 11 is 8.04. The zero-order valence-electron chi connectivity index (χ0n) is 10.9. The summed E-state index contributed by atoms with van der Waals surface area (Å²) in [6, 6.07) is 4.18. The van der Waals surface area contributed by atoms with Crippen LogP contribution in [-0.4, -0.2) is 9.78 Å². The molecule has 18 heavy (non-hydrogen) atoms. The van der Waals surface area contributed by atoms with Crippen molar-refractivity contribution in [3.8, 4) is 0 Å². The maximum Gasteiger partial charge on any atom is 0.0847 e. The Bertz CT molecular complexity index is 544. The Morgan fingerprint density at radius 3 is 2.72 bits per heavy atom. The molecule has 5 heteroatoms. The predicted octanol–water partition coefficient (Wildman–Crippen LogP) is 3.48. The maximum absolute atomic E-state index is 6.29. The number of rotatable bonds is 4. The summed E-state index contributed by atoms with van der Waals surface area (Å²) in [6.07, 6.45) is 0.730. The van der Waals surface area contributed by atoms with Crippen LogP contribution in [0.15, 0.2) is 12.1 Å². The van der Waals surface area contributed by atoms with E-state index in [4.69, 9.17) is 17.3 Å². The Kier molecular flexibility index (Phi) is 4.10.